The van der Waals surface area contributed by atoms with E-state index in [-0.39, 0.29) is 35.4 Å². The van der Waals surface area contributed by atoms with Crippen LogP contribution >= 0.6 is 0 Å². The Hall–Kier alpha value is -3.43. The number of rotatable bonds is 4. The Kier molecular flexibility index (Phi) is 4.10. The van der Waals surface area contributed by atoms with Gasteiger partial charge >= 0.3 is 0 Å². The molecule has 1 aliphatic rings. The average molecular weight is 328 g/mol. The van der Waals surface area contributed by atoms with Crippen molar-refractivity contribution in [2.24, 2.45) is 12.0 Å². The van der Waals surface area contributed by atoms with Crippen LogP contribution in [-0.2, 0) is 18.4 Å². The lowest BCUT2D eigenvalue weighted by molar-refractivity contribution is -0.118. The summed E-state index contributed by atoms with van der Waals surface area (Å²) in [6.45, 7) is -0.0375. The molecule has 3 rings (SSSR count). The van der Waals surface area contributed by atoms with Crippen molar-refractivity contribution in [3.05, 3.63) is 52.0 Å². The van der Waals surface area contributed by atoms with Crippen LogP contribution in [0.1, 0.15) is 28.1 Å². The first-order valence-electron chi connectivity index (χ1n) is 6.94. The normalized spacial score (nSPS) is 16.4. The minimum absolute atomic E-state index is 0.0375. The third-order valence-corrected chi connectivity index (χ3v) is 3.21. The van der Waals surface area contributed by atoms with E-state index in [1.807, 2.05) is 0 Å². The second-order valence-corrected chi connectivity index (χ2v) is 4.89. The summed E-state index contributed by atoms with van der Waals surface area (Å²) in [5, 5.41) is 10.1. The van der Waals surface area contributed by atoms with E-state index in [0.29, 0.717) is 0 Å². The van der Waals surface area contributed by atoms with Gasteiger partial charge in [-0.1, -0.05) is 11.2 Å². The van der Waals surface area contributed by atoms with Crippen LogP contribution in [0.5, 0.6) is 0 Å². The number of hydrogen-bond acceptors (Lipinski definition) is 7. The first-order valence-corrected chi connectivity index (χ1v) is 6.94. The van der Waals surface area contributed by atoms with Crippen molar-refractivity contribution in [3.63, 3.8) is 0 Å². The highest BCUT2D eigenvalue weighted by Gasteiger charge is 2.24. The minimum atomic E-state index is -0.687. The standard InChI is InChI=1S/C14H12N6O4/c1-20-11(21)5-4-9(18-20)14(23)16-7-10-17-12(19-24-10)8-3-2-6-15-13(8)22/h2-6,8H,7H2,1H3,(H,16,23). The van der Waals surface area contributed by atoms with Crippen molar-refractivity contribution in [2.75, 3.05) is 0 Å². The molecule has 10 nitrogen and oxygen atoms in total. The summed E-state index contributed by atoms with van der Waals surface area (Å²) in [4.78, 5) is 42.6. The predicted octanol–water partition coefficient (Wildman–Crippen LogP) is -0.656. The zero-order valence-electron chi connectivity index (χ0n) is 12.5. The van der Waals surface area contributed by atoms with Crippen LogP contribution in [0.3, 0.4) is 0 Å². The van der Waals surface area contributed by atoms with Gasteiger partial charge in [0.05, 0.1) is 6.54 Å². The van der Waals surface area contributed by atoms with Crippen molar-refractivity contribution >= 4 is 18.0 Å². The van der Waals surface area contributed by atoms with E-state index in [2.05, 4.69) is 25.5 Å². The molecule has 0 aliphatic carbocycles. The van der Waals surface area contributed by atoms with Gasteiger partial charge in [0.25, 0.3) is 17.4 Å². The Bertz CT molecular complexity index is 910. The third-order valence-electron chi connectivity index (χ3n) is 3.21. The summed E-state index contributed by atoms with van der Waals surface area (Å²) >= 11 is 0. The number of aliphatic imine (C=N–C) groups is 1. The number of carbonyl (C=O) groups excluding carboxylic acids is 2. The zero-order valence-corrected chi connectivity index (χ0v) is 12.5. The van der Waals surface area contributed by atoms with Crippen molar-refractivity contribution in [1.29, 1.82) is 0 Å². The van der Waals surface area contributed by atoms with Crippen LogP contribution in [0, 0.1) is 0 Å². The molecule has 10 heteroatoms. The fourth-order valence-electron chi connectivity index (χ4n) is 1.97. The molecule has 122 valence electrons. The van der Waals surface area contributed by atoms with Crippen molar-refractivity contribution in [3.8, 4) is 0 Å². The van der Waals surface area contributed by atoms with Crippen LogP contribution in [0.2, 0.25) is 0 Å². The number of dihydropyridines is 1. The van der Waals surface area contributed by atoms with Gasteiger partial charge < -0.3 is 9.84 Å². The molecular weight excluding hydrogens is 316 g/mol. The molecule has 0 saturated carbocycles. The summed E-state index contributed by atoms with van der Waals surface area (Å²) < 4.78 is 6.06. The fraction of sp³-hybridized carbons (Fsp3) is 0.214. The molecule has 3 heterocycles. The molecule has 0 fully saturated rings. The van der Waals surface area contributed by atoms with Gasteiger partial charge in [-0.3, -0.25) is 14.4 Å². The van der Waals surface area contributed by atoms with Gasteiger partial charge in [0.1, 0.15) is 11.6 Å². The van der Waals surface area contributed by atoms with E-state index in [0.717, 1.165) is 4.68 Å². The smallest absolute Gasteiger partial charge is 0.272 e. The SMILES string of the molecule is Cn1nc(C(=O)NCc2nc(C3C=CC=NC3=O)no2)ccc1=O. The average Bonchev–Trinajstić information content (AvgIpc) is 3.04. The Balaban J connectivity index is 1.65. The lowest BCUT2D eigenvalue weighted by Crippen LogP contribution is -2.28. The van der Waals surface area contributed by atoms with E-state index in [1.54, 1.807) is 12.2 Å². The largest absolute Gasteiger partial charge is 0.342 e. The van der Waals surface area contributed by atoms with Crippen molar-refractivity contribution < 1.29 is 14.1 Å². The number of nitrogens with one attached hydrogen (secondary N) is 1. The number of aromatic nitrogens is 4. The highest BCUT2D eigenvalue weighted by molar-refractivity contribution is 5.96. The maximum atomic E-state index is 12.0. The molecule has 0 spiro atoms. The van der Waals surface area contributed by atoms with Crippen molar-refractivity contribution in [1.82, 2.24) is 25.2 Å². The van der Waals surface area contributed by atoms with Crippen LogP contribution in [0.4, 0.5) is 0 Å². The number of hydrogen-bond donors (Lipinski definition) is 1. The lowest BCUT2D eigenvalue weighted by atomic mass is 10.1. The molecule has 0 saturated heterocycles. The van der Waals surface area contributed by atoms with Crippen LogP contribution < -0.4 is 10.9 Å². The topological polar surface area (TPSA) is 132 Å². The van der Waals surface area contributed by atoms with Gasteiger partial charge in [0.2, 0.25) is 5.89 Å². The summed E-state index contributed by atoms with van der Waals surface area (Å²) in [5.41, 5.74) is -0.238. The second kappa shape index (κ2) is 6.36. The number of nitrogens with zero attached hydrogens (tertiary/aromatic N) is 5. The van der Waals surface area contributed by atoms with Crippen LogP contribution in [0.15, 0.2) is 38.6 Å². The van der Waals surface area contributed by atoms with Crippen molar-refractivity contribution in [2.45, 2.75) is 12.5 Å². The number of aryl methyl sites for hydroxylation is 1. The molecule has 0 bridgehead atoms. The molecule has 1 aliphatic heterocycles. The molecule has 2 aromatic heterocycles. The summed E-state index contributed by atoms with van der Waals surface area (Å²) in [7, 11) is 1.45. The van der Waals surface area contributed by atoms with Gasteiger partial charge in [0, 0.05) is 19.3 Å². The molecule has 1 unspecified atom stereocenters. The molecule has 1 N–H and O–H groups in total. The third kappa shape index (κ3) is 3.16. The first-order chi connectivity index (χ1) is 11.5. The van der Waals surface area contributed by atoms with Gasteiger partial charge in [-0.25, -0.2) is 9.67 Å². The van der Waals surface area contributed by atoms with E-state index < -0.39 is 11.8 Å². The summed E-state index contributed by atoms with van der Waals surface area (Å²) in [5.74, 6) is -1.25. The van der Waals surface area contributed by atoms with Gasteiger partial charge in [-0.15, -0.1) is 0 Å². The van der Waals surface area contributed by atoms with Gasteiger partial charge in [0.15, 0.2) is 5.82 Å². The maximum absolute atomic E-state index is 12.0. The molecule has 0 aromatic carbocycles. The zero-order chi connectivity index (χ0) is 17.1. The van der Waals surface area contributed by atoms with Crippen LogP contribution in [0.25, 0.3) is 0 Å². The van der Waals surface area contributed by atoms with Gasteiger partial charge in [-0.2, -0.15) is 10.1 Å². The number of allylic oxidation sites excluding steroid dienone is 1. The van der Waals surface area contributed by atoms with E-state index in [9.17, 15) is 14.4 Å². The maximum Gasteiger partial charge on any atom is 0.272 e. The monoisotopic (exact) mass is 328 g/mol. The fourth-order valence-corrected chi connectivity index (χ4v) is 1.97. The molecule has 2 aromatic rings. The minimum Gasteiger partial charge on any atom is -0.342 e. The van der Waals surface area contributed by atoms with E-state index in [1.165, 1.54) is 25.4 Å². The van der Waals surface area contributed by atoms with E-state index in [4.69, 9.17) is 4.52 Å². The molecule has 1 atom stereocenters. The predicted molar refractivity (Wildman–Crippen MR) is 80.3 cm³/mol. The Labute approximate surface area is 134 Å². The quantitative estimate of drug-likeness (QED) is 0.788. The highest BCUT2D eigenvalue weighted by atomic mass is 16.5. The number of carbonyl (C=O) groups is 2. The Morgan fingerprint density at radius 2 is 2.21 bits per heavy atom. The van der Waals surface area contributed by atoms with Gasteiger partial charge in [-0.05, 0) is 12.1 Å². The second-order valence-electron chi connectivity index (χ2n) is 4.89. The number of amides is 2. The Morgan fingerprint density at radius 3 is 2.96 bits per heavy atom. The lowest BCUT2D eigenvalue weighted by Gasteiger charge is -2.04. The summed E-state index contributed by atoms with van der Waals surface area (Å²) in [6.07, 6.45) is 4.62. The van der Waals surface area contributed by atoms with E-state index >= 15 is 0 Å². The molecule has 2 amide bonds. The van der Waals surface area contributed by atoms with Crippen LogP contribution in [-0.4, -0.2) is 38.0 Å². The highest BCUT2D eigenvalue weighted by Crippen LogP contribution is 2.17. The molecule has 0 radical (unpaired) electrons. The molecule has 24 heavy (non-hydrogen) atoms. The summed E-state index contributed by atoms with van der Waals surface area (Å²) in [6, 6.07) is 2.56. The molecular formula is C14H12N6O4. The Morgan fingerprint density at radius 1 is 1.38 bits per heavy atom. The first kappa shape index (κ1) is 15.5.